The molecule has 0 atom stereocenters. The lowest BCUT2D eigenvalue weighted by Gasteiger charge is -2.29. The quantitative estimate of drug-likeness (QED) is 0.162. The van der Waals surface area contributed by atoms with E-state index in [4.69, 9.17) is 0 Å². The monoisotopic (exact) mass is 688 g/mol. The van der Waals surface area contributed by atoms with Crippen molar-refractivity contribution in [3.05, 3.63) is 218 Å². The van der Waals surface area contributed by atoms with Gasteiger partial charge in [0.1, 0.15) is 0 Å². The number of anilines is 3. The minimum absolute atomic E-state index is 1.09. The summed E-state index contributed by atoms with van der Waals surface area (Å²) in [6.45, 7) is 0. The molecule has 0 amide bonds. The number of para-hydroxylation sites is 2. The molecule has 0 aliphatic rings. The van der Waals surface area contributed by atoms with Crippen LogP contribution >= 0.6 is 0 Å². The molecular weight excluding hydrogens is 653 g/mol. The first-order chi connectivity index (χ1) is 26.8. The fraction of sp³-hybridized carbons (Fsp3) is 0. The molecule has 1 heterocycles. The number of benzene rings is 9. The van der Waals surface area contributed by atoms with Gasteiger partial charge < -0.3 is 9.47 Å². The molecule has 0 fully saturated rings. The van der Waals surface area contributed by atoms with Crippen LogP contribution in [0, 0.1) is 0 Å². The van der Waals surface area contributed by atoms with E-state index < -0.39 is 0 Å². The van der Waals surface area contributed by atoms with Crippen LogP contribution in [0.15, 0.2) is 218 Å². The highest BCUT2D eigenvalue weighted by Gasteiger charge is 2.21. The molecule has 10 aromatic rings. The van der Waals surface area contributed by atoms with Crippen LogP contribution in [-0.4, -0.2) is 4.57 Å². The van der Waals surface area contributed by atoms with E-state index in [0.29, 0.717) is 0 Å². The van der Waals surface area contributed by atoms with Crippen LogP contribution in [0.2, 0.25) is 0 Å². The first-order valence-corrected chi connectivity index (χ1v) is 18.5. The Balaban J connectivity index is 1.25. The Bertz CT molecular complexity index is 2900. The van der Waals surface area contributed by atoms with Crippen molar-refractivity contribution in [3.8, 4) is 39.1 Å². The van der Waals surface area contributed by atoms with E-state index in [0.717, 1.165) is 33.8 Å². The molecule has 0 saturated carbocycles. The number of nitrogens with zero attached hydrogens (tertiary/aromatic N) is 2. The van der Waals surface area contributed by atoms with Crippen LogP contribution in [0.1, 0.15) is 0 Å². The molecule has 54 heavy (non-hydrogen) atoms. The highest BCUT2D eigenvalue weighted by molar-refractivity contribution is 6.10. The SMILES string of the molecule is c1ccc(-c2ccc(N(c3ccc4c5ccccc5n(-c5ccccc5)c4c3)c3cc(-c4cccc5ccccc45)ccc3-c3ccccc3)cc2)cc1. The Morgan fingerprint density at radius 3 is 1.67 bits per heavy atom. The molecule has 9 aromatic carbocycles. The molecule has 0 saturated heterocycles. The van der Waals surface area contributed by atoms with E-state index in [9.17, 15) is 0 Å². The average molecular weight is 689 g/mol. The van der Waals surface area contributed by atoms with Crippen LogP contribution in [0.3, 0.4) is 0 Å². The molecule has 0 unspecified atom stereocenters. The fourth-order valence-electron chi connectivity index (χ4n) is 8.04. The van der Waals surface area contributed by atoms with Crippen LogP contribution in [0.4, 0.5) is 17.1 Å². The van der Waals surface area contributed by atoms with Gasteiger partial charge in [0, 0.05) is 33.4 Å². The first kappa shape index (κ1) is 31.6. The predicted octanol–water partition coefficient (Wildman–Crippen LogP) is 14.4. The van der Waals surface area contributed by atoms with E-state index in [1.807, 2.05) is 0 Å². The topological polar surface area (TPSA) is 8.17 Å². The smallest absolute Gasteiger partial charge is 0.0561 e. The van der Waals surface area contributed by atoms with Crippen molar-refractivity contribution in [2.24, 2.45) is 0 Å². The minimum atomic E-state index is 1.09. The van der Waals surface area contributed by atoms with Crippen molar-refractivity contribution in [1.82, 2.24) is 4.57 Å². The molecule has 0 aliphatic carbocycles. The molecule has 0 N–H and O–H groups in total. The third kappa shape index (κ3) is 5.53. The van der Waals surface area contributed by atoms with Crippen LogP contribution in [0.25, 0.3) is 71.6 Å². The van der Waals surface area contributed by atoms with Gasteiger partial charge in [-0.3, -0.25) is 0 Å². The van der Waals surface area contributed by atoms with E-state index in [1.165, 1.54) is 54.9 Å². The predicted molar refractivity (Wildman–Crippen MR) is 229 cm³/mol. The summed E-state index contributed by atoms with van der Waals surface area (Å²) in [7, 11) is 0. The second kappa shape index (κ2) is 13.4. The first-order valence-electron chi connectivity index (χ1n) is 18.5. The molecular formula is C52H36N2. The van der Waals surface area contributed by atoms with Gasteiger partial charge in [-0.25, -0.2) is 0 Å². The van der Waals surface area contributed by atoms with Crippen molar-refractivity contribution >= 4 is 49.6 Å². The minimum Gasteiger partial charge on any atom is -0.310 e. The van der Waals surface area contributed by atoms with Gasteiger partial charge in [0.2, 0.25) is 0 Å². The summed E-state index contributed by atoms with van der Waals surface area (Å²) >= 11 is 0. The highest BCUT2D eigenvalue weighted by Crippen LogP contribution is 2.45. The van der Waals surface area contributed by atoms with Crippen LogP contribution in [-0.2, 0) is 0 Å². The number of hydrogen-bond donors (Lipinski definition) is 0. The molecule has 0 spiro atoms. The van der Waals surface area contributed by atoms with E-state index in [-0.39, 0.29) is 0 Å². The van der Waals surface area contributed by atoms with Gasteiger partial charge in [0.05, 0.1) is 16.7 Å². The maximum atomic E-state index is 2.44. The van der Waals surface area contributed by atoms with Gasteiger partial charge in [0.15, 0.2) is 0 Å². The molecule has 0 radical (unpaired) electrons. The van der Waals surface area contributed by atoms with Crippen molar-refractivity contribution in [1.29, 1.82) is 0 Å². The fourth-order valence-corrected chi connectivity index (χ4v) is 8.04. The Hall–Kier alpha value is -7.16. The molecule has 10 rings (SSSR count). The lowest BCUT2D eigenvalue weighted by atomic mass is 9.94. The average Bonchev–Trinajstić information content (AvgIpc) is 3.58. The molecule has 1 aromatic heterocycles. The molecule has 0 aliphatic heterocycles. The van der Waals surface area contributed by atoms with Gasteiger partial charge in [0.25, 0.3) is 0 Å². The maximum Gasteiger partial charge on any atom is 0.0561 e. The molecule has 254 valence electrons. The van der Waals surface area contributed by atoms with Crippen molar-refractivity contribution < 1.29 is 0 Å². The largest absolute Gasteiger partial charge is 0.310 e. The number of fused-ring (bicyclic) bond motifs is 4. The Morgan fingerprint density at radius 2 is 0.889 bits per heavy atom. The number of hydrogen-bond acceptors (Lipinski definition) is 1. The van der Waals surface area contributed by atoms with E-state index >= 15 is 0 Å². The zero-order valence-corrected chi connectivity index (χ0v) is 29.7. The summed E-state index contributed by atoms with van der Waals surface area (Å²) in [6, 6.07) is 79.0. The summed E-state index contributed by atoms with van der Waals surface area (Å²) in [5.74, 6) is 0. The normalized spacial score (nSPS) is 11.3. The lowest BCUT2D eigenvalue weighted by Crippen LogP contribution is -2.12. The summed E-state index contributed by atoms with van der Waals surface area (Å²) in [6.07, 6.45) is 0. The lowest BCUT2D eigenvalue weighted by molar-refractivity contribution is 1.18. The standard InChI is InChI=1S/C52H36N2/c1-4-15-37(16-5-1)38-27-30-43(31-28-38)53(44-32-34-49-48-24-12-13-26-50(48)54(52(49)36-44)42-21-8-3-9-22-42)51-35-41(29-33-47(51)40-17-6-2-7-18-40)46-25-14-20-39-19-10-11-23-45(39)46/h1-36H. The molecule has 2 nitrogen and oxygen atoms in total. The Labute approximate surface area is 315 Å². The second-order valence-corrected chi connectivity index (χ2v) is 13.8. The third-order valence-electron chi connectivity index (χ3n) is 10.6. The Kier molecular flexibility index (Phi) is 7.85. The van der Waals surface area contributed by atoms with Gasteiger partial charge in [-0.05, 0) is 87.1 Å². The summed E-state index contributed by atoms with van der Waals surface area (Å²) < 4.78 is 2.40. The molecule has 2 heteroatoms. The van der Waals surface area contributed by atoms with Gasteiger partial charge in [-0.1, -0.05) is 170 Å². The van der Waals surface area contributed by atoms with Crippen LogP contribution in [0.5, 0.6) is 0 Å². The van der Waals surface area contributed by atoms with Gasteiger partial charge >= 0.3 is 0 Å². The zero-order chi connectivity index (χ0) is 35.8. The zero-order valence-electron chi connectivity index (χ0n) is 29.7. The van der Waals surface area contributed by atoms with Crippen molar-refractivity contribution in [2.45, 2.75) is 0 Å². The summed E-state index contributed by atoms with van der Waals surface area (Å²) in [4.78, 5) is 2.44. The van der Waals surface area contributed by atoms with Gasteiger partial charge in [-0.15, -0.1) is 0 Å². The van der Waals surface area contributed by atoms with Crippen LogP contribution < -0.4 is 4.90 Å². The number of aromatic nitrogens is 1. The van der Waals surface area contributed by atoms with Gasteiger partial charge in [-0.2, -0.15) is 0 Å². The Morgan fingerprint density at radius 1 is 0.315 bits per heavy atom. The maximum absolute atomic E-state index is 2.44. The van der Waals surface area contributed by atoms with Crippen molar-refractivity contribution in [2.75, 3.05) is 4.90 Å². The van der Waals surface area contributed by atoms with E-state index in [2.05, 4.69) is 228 Å². The highest BCUT2D eigenvalue weighted by atomic mass is 15.1. The third-order valence-corrected chi connectivity index (χ3v) is 10.6. The summed E-state index contributed by atoms with van der Waals surface area (Å²) in [5, 5.41) is 4.94. The summed E-state index contributed by atoms with van der Waals surface area (Å²) in [5.41, 5.74) is 13.9. The van der Waals surface area contributed by atoms with E-state index in [1.54, 1.807) is 0 Å². The second-order valence-electron chi connectivity index (χ2n) is 13.8. The van der Waals surface area contributed by atoms with Crippen molar-refractivity contribution in [3.63, 3.8) is 0 Å². The number of rotatable bonds is 7. The molecule has 0 bridgehead atoms.